The molecule has 1 heterocycles. The molecule has 0 bridgehead atoms. The molecule has 0 aliphatic heterocycles. The molecule has 5 heteroatoms. The molecule has 0 amide bonds. The number of aromatic nitrogens is 2. The molecule has 0 atom stereocenters. The van der Waals surface area contributed by atoms with E-state index in [0.717, 1.165) is 11.0 Å². The molecule has 0 spiro atoms. The number of benzene rings is 1. The molecule has 0 aliphatic rings. The molecule has 0 aliphatic carbocycles. The minimum absolute atomic E-state index is 0.203. The van der Waals surface area contributed by atoms with E-state index in [-0.39, 0.29) is 5.82 Å². The van der Waals surface area contributed by atoms with Crippen LogP contribution in [-0.2, 0) is 6.54 Å². The first kappa shape index (κ1) is 10.0. The summed E-state index contributed by atoms with van der Waals surface area (Å²) in [6.45, 7) is 2.26. The Morgan fingerprint density at radius 2 is 2.20 bits per heavy atom. The number of hydrogen-bond donors (Lipinski definition) is 1. The lowest BCUT2D eigenvalue weighted by Gasteiger charge is -2.02. The van der Waals surface area contributed by atoms with Crippen molar-refractivity contribution < 1.29 is 4.39 Å². The van der Waals surface area contributed by atoms with Crippen molar-refractivity contribution in [2.24, 2.45) is 0 Å². The second-order valence-electron chi connectivity index (χ2n) is 3.09. The van der Waals surface area contributed by atoms with Crippen molar-refractivity contribution >= 4 is 16.7 Å². The van der Waals surface area contributed by atoms with Gasteiger partial charge < -0.3 is 5.32 Å². The van der Waals surface area contributed by atoms with E-state index in [4.69, 9.17) is 0 Å². The van der Waals surface area contributed by atoms with Crippen LogP contribution in [0.4, 0.5) is 9.52 Å². The predicted molar refractivity (Wildman–Crippen MR) is 58.4 cm³/mol. The largest absolute Gasteiger partial charge is 0.356 e. The number of halogens is 1. The molecule has 2 aromatic rings. The molecule has 0 unspecified atom stereocenters. The van der Waals surface area contributed by atoms with Crippen LogP contribution >= 0.6 is 11.5 Å². The Labute approximate surface area is 91.2 Å². The predicted octanol–water partition coefficient (Wildman–Crippen LogP) is 2.60. The Hall–Kier alpha value is -1.49. The van der Waals surface area contributed by atoms with Crippen molar-refractivity contribution in [2.45, 2.75) is 13.5 Å². The lowest BCUT2D eigenvalue weighted by molar-refractivity contribution is 0.613. The topological polar surface area (TPSA) is 37.8 Å². The minimum Gasteiger partial charge on any atom is -0.356 e. The fourth-order valence-corrected chi connectivity index (χ4v) is 1.75. The van der Waals surface area contributed by atoms with Crippen molar-refractivity contribution in [3.63, 3.8) is 0 Å². The number of nitrogens with zero attached hydrogens (tertiary/aromatic N) is 2. The average Bonchev–Trinajstić information content (AvgIpc) is 2.63. The van der Waals surface area contributed by atoms with Gasteiger partial charge in [0, 0.05) is 23.6 Å². The van der Waals surface area contributed by atoms with Crippen LogP contribution in [0.5, 0.6) is 0 Å². The third kappa shape index (κ3) is 2.50. The normalized spacial score (nSPS) is 10.3. The summed E-state index contributed by atoms with van der Waals surface area (Å²) >= 11 is 1.28. The van der Waals surface area contributed by atoms with Crippen LogP contribution in [0.15, 0.2) is 24.3 Å². The van der Waals surface area contributed by atoms with Gasteiger partial charge in [-0.2, -0.15) is 4.37 Å². The molecule has 0 fully saturated rings. The number of aryl methyl sites for hydroxylation is 1. The van der Waals surface area contributed by atoms with E-state index >= 15 is 0 Å². The van der Waals surface area contributed by atoms with E-state index in [1.807, 2.05) is 13.0 Å². The van der Waals surface area contributed by atoms with Crippen molar-refractivity contribution in [2.75, 3.05) is 5.32 Å². The van der Waals surface area contributed by atoms with Crippen molar-refractivity contribution in [1.29, 1.82) is 0 Å². The molecular formula is C10H10FN3S. The zero-order valence-electron chi connectivity index (χ0n) is 8.20. The van der Waals surface area contributed by atoms with Gasteiger partial charge >= 0.3 is 0 Å². The summed E-state index contributed by atoms with van der Waals surface area (Å²) in [5.41, 5.74) is 0.630. The van der Waals surface area contributed by atoms with Crippen molar-refractivity contribution in [3.8, 4) is 0 Å². The van der Waals surface area contributed by atoms with Gasteiger partial charge in [-0.3, -0.25) is 0 Å². The zero-order valence-corrected chi connectivity index (χ0v) is 9.01. The second kappa shape index (κ2) is 4.35. The highest BCUT2D eigenvalue weighted by Gasteiger charge is 2.02. The maximum Gasteiger partial charge on any atom is 0.202 e. The lowest BCUT2D eigenvalue weighted by Crippen LogP contribution is -2.01. The van der Waals surface area contributed by atoms with Crippen molar-refractivity contribution in [1.82, 2.24) is 9.36 Å². The molecule has 1 aromatic carbocycles. The van der Waals surface area contributed by atoms with E-state index in [0.29, 0.717) is 12.1 Å². The SMILES string of the molecule is Cc1nsc(NCc2ccccc2F)n1. The van der Waals surface area contributed by atoms with Crippen LogP contribution in [0.3, 0.4) is 0 Å². The summed E-state index contributed by atoms with van der Waals surface area (Å²) in [4.78, 5) is 4.13. The van der Waals surface area contributed by atoms with E-state index < -0.39 is 0 Å². The van der Waals surface area contributed by atoms with Crippen LogP contribution in [0.1, 0.15) is 11.4 Å². The highest BCUT2D eigenvalue weighted by Crippen LogP contribution is 2.13. The highest BCUT2D eigenvalue weighted by atomic mass is 32.1. The maximum atomic E-state index is 13.2. The minimum atomic E-state index is -0.203. The van der Waals surface area contributed by atoms with Gasteiger partial charge in [-0.25, -0.2) is 9.37 Å². The Morgan fingerprint density at radius 3 is 2.87 bits per heavy atom. The van der Waals surface area contributed by atoms with Crippen LogP contribution in [0, 0.1) is 12.7 Å². The van der Waals surface area contributed by atoms with Crippen LogP contribution in [0.25, 0.3) is 0 Å². The molecule has 0 saturated carbocycles. The van der Waals surface area contributed by atoms with Gasteiger partial charge in [0.25, 0.3) is 0 Å². The standard InChI is InChI=1S/C10H10FN3S/c1-7-13-10(15-14-7)12-6-8-4-2-3-5-9(8)11/h2-5H,6H2,1H3,(H,12,13,14). The summed E-state index contributed by atoms with van der Waals surface area (Å²) in [6.07, 6.45) is 0. The molecule has 0 radical (unpaired) electrons. The summed E-state index contributed by atoms with van der Waals surface area (Å²) < 4.78 is 17.3. The second-order valence-corrected chi connectivity index (χ2v) is 3.84. The first-order valence-corrected chi connectivity index (χ1v) is 5.30. The maximum absolute atomic E-state index is 13.2. The zero-order chi connectivity index (χ0) is 10.7. The number of nitrogens with one attached hydrogen (secondary N) is 1. The lowest BCUT2D eigenvalue weighted by atomic mass is 10.2. The van der Waals surface area contributed by atoms with E-state index in [9.17, 15) is 4.39 Å². The number of hydrogen-bond acceptors (Lipinski definition) is 4. The number of anilines is 1. The summed E-state index contributed by atoms with van der Waals surface area (Å²) in [7, 11) is 0. The van der Waals surface area contributed by atoms with Crippen LogP contribution in [0.2, 0.25) is 0 Å². The molecule has 1 N–H and O–H groups in total. The smallest absolute Gasteiger partial charge is 0.202 e. The quantitative estimate of drug-likeness (QED) is 0.869. The molecule has 78 valence electrons. The molecule has 15 heavy (non-hydrogen) atoms. The van der Waals surface area contributed by atoms with Crippen LogP contribution in [-0.4, -0.2) is 9.36 Å². The Balaban J connectivity index is 2.02. The first-order valence-electron chi connectivity index (χ1n) is 4.53. The summed E-state index contributed by atoms with van der Waals surface area (Å²) in [5.74, 6) is 0.530. The van der Waals surface area contributed by atoms with Crippen molar-refractivity contribution in [3.05, 3.63) is 41.5 Å². The summed E-state index contributed by atoms with van der Waals surface area (Å²) in [5, 5.41) is 3.75. The summed E-state index contributed by atoms with van der Waals surface area (Å²) in [6, 6.07) is 6.68. The van der Waals surface area contributed by atoms with Gasteiger partial charge in [0.15, 0.2) is 0 Å². The van der Waals surface area contributed by atoms with Gasteiger partial charge in [-0.05, 0) is 13.0 Å². The Kier molecular flexibility index (Phi) is 2.91. The highest BCUT2D eigenvalue weighted by molar-refractivity contribution is 7.09. The molecule has 2 rings (SSSR count). The van der Waals surface area contributed by atoms with Crippen LogP contribution < -0.4 is 5.32 Å². The van der Waals surface area contributed by atoms with Gasteiger partial charge in [-0.1, -0.05) is 18.2 Å². The molecule has 0 saturated heterocycles. The van der Waals surface area contributed by atoms with Gasteiger partial charge in [0.05, 0.1) is 0 Å². The third-order valence-electron chi connectivity index (χ3n) is 1.92. The van der Waals surface area contributed by atoms with Gasteiger partial charge in [0.2, 0.25) is 5.13 Å². The van der Waals surface area contributed by atoms with Gasteiger partial charge in [0.1, 0.15) is 11.6 Å². The average molecular weight is 223 g/mol. The Morgan fingerprint density at radius 1 is 1.40 bits per heavy atom. The van der Waals surface area contributed by atoms with E-state index in [2.05, 4.69) is 14.7 Å². The monoisotopic (exact) mass is 223 g/mol. The Bertz CT molecular complexity index is 455. The fraction of sp³-hybridized carbons (Fsp3) is 0.200. The van der Waals surface area contributed by atoms with E-state index in [1.165, 1.54) is 17.6 Å². The molecule has 3 nitrogen and oxygen atoms in total. The molecular weight excluding hydrogens is 213 g/mol. The van der Waals surface area contributed by atoms with Gasteiger partial charge in [-0.15, -0.1) is 0 Å². The number of rotatable bonds is 3. The third-order valence-corrected chi connectivity index (χ3v) is 2.68. The first-order chi connectivity index (χ1) is 7.25. The van der Waals surface area contributed by atoms with E-state index in [1.54, 1.807) is 12.1 Å². The fourth-order valence-electron chi connectivity index (χ4n) is 1.18. The molecule has 1 aromatic heterocycles.